The molecule has 0 radical (unpaired) electrons. The monoisotopic (exact) mass is 177 g/mol. The molecule has 0 spiro atoms. The molecule has 1 nitrogen and oxygen atoms in total. The van der Waals surface area contributed by atoms with Gasteiger partial charge in [-0.3, -0.25) is 0 Å². The zero-order valence-corrected chi connectivity index (χ0v) is 8.50. The van der Waals surface area contributed by atoms with Gasteiger partial charge in [0.25, 0.3) is 0 Å². The van der Waals surface area contributed by atoms with E-state index in [1.807, 2.05) is 0 Å². The Bertz CT molecular complexity index is 192. The Hall–Kier alpha value is -0.770. The van der Waals surface area contributed by atoms with E-state index in [2.05, 4.69) is 19.1 Å². The van der Waals surface area contributed by atoms with Crippen molar-refractivity contribution in [2.24, 2.45) is 11.8 Å². The summed E-state index contributed by atoms with van der Waals surface area (Å²) in [5.74, 6) is 1.66. The smallest absolute Gasteiger partial charge is 0.0908 e. The summed E-state index contributed by atoms with van der Waals surface area (Å²) in [7, 11) is 0. The van der Waals surface area contributed by atoms with Crippen LogP contribution >= 0.6 is 0 Å². The van der Waals surface area contributed by atoms with Crippen molar-refractivity contribution in [2.45, 2.75) is 45.4 Å². The topological polar surface area (TPSA) is 23.8 Å². The Morgan fingerprint density at radius 1 is 1.31 bits per heavy atom. The van der Waals surface area contributed by atoms with Gasteiger partial charge >= 0.3 is 0 Å². The van der Waals surface area contributed by atoms with Crippen molar-refractivity contribution in [1.29, 1.82) is 5.26 Å². The van der Waals surface area contributed by atoms with Crippen LogP contribution in [0.5, 0.6) is 0 Å². The van der Waals surface area contributed by atoms with E-state index < -0.39 is 0 Å². The Labute approximate surface area is 81.5 Å². The number of hydrogen-bond donors (Lipinski definition) is 0. The highest BCUT2D eigenvalue weighted by atomic mass is 14.2. The van der Waals surface area contributed by atoms with E-state index in [9.17, 15) is 0 Å². The lowest BCUT2D eigenvalue weighted by molar-refractivity contribution is 0.294. The van der Waals surface area contributed by atoms with Gasteiger partial charge in [0, 0.05) is 6.08 Å². The van der Waals surface area contributed by atoms with E-state index in [4.69, 9.17) is 5.26 Å². The fraction of sp³-hybridized carbons (Fsp3) is 0.750. The van der Waals surface area contributed by atoms with Crippen LogP contribution in [0, 0.1) is 23.2 Å². The molecule has 1 aliphatic rings. The second kappa shape index (κ2) is 5.80. The summed E-state index contributed by atoms with van der Waals surface area (Å²) in [6, 6.07) is 2.07. The van der Waals surface area contributed by atoms with Crippen LogP contribution in [0.2, 0.25) is 0 Å². The quantitative estimate of drug-likeness (QED) is 0.603. The van der Waals surface area contributed by atoms with Gasteiger partial charge in [-0.25, -0.2) is 0 Å². The van der Waals surface area contributed by atoms with Crippen molar-refractivity contribution < 1.29 is 0 Å². The highest BCUT2D eigenvalue weighted by Gasteiger charge is 2.18. The average Bonchev–Trinajstić information content (AvgIpc) is 2.17. The first kappa shape index (κ1) is 10.3. The van der Waals surface area contributed by atoms with Gasteiger partial charge < -0.3 is 0 Å². The Balaban J connectivity index is 2.23. The van der Waals surface area contributed by atoms with E-state index in [0.29, 0.717) is 5.92 Å². The molecule has 1 aliphatic carbocycles. The SMILES string of the molecule is CCC[C@H]1CC[C@H](/C=C/C#N)CC1. The molecule has 0 aromatic carbocycles. The number of allylic oxidation sites excluding steroid dienone is 2. The second-order valence-corrected chi connectivity index (χ2v) is 4.06. The zero-order valence-electron chi connectivity index (χ0n) is 8.50. The second-order valence-electron chi connectivity index (χ2n) is 4.06. The predicted octanol–water partition coefficient (Wildman–Crippen LogP) is 3.67. The molecular formula is C12H19N. The van der Waals surface area contributed by atoms with E-state index in [-0.39, 0.29) is 0 Å². The maximum Gasteiger partial charge on any atom is 0.0908 e. The predicted molar refractivity (Wildman–Crippen MR) is 55.1 cm³/mol. The van der Waals surface area contributed by atoms with Crippen molar-refractivity contribution >= 4 is 0 Å². The molecule has 0 amide bonds. The molecular weight excluding hydrogens is 158 g/mol. The molecule has 0 aliphatic heterocycles. The summed E-state index contributed by atoms with van der Waals surface area (Å²) in [6.07, 6.45) is 11.8. The van der Waals surface area contributed by atoms with Gasteiger partial charge in [-0.2, -0.15) is 5.26 Å². The molecule has 0 aromatic heterocycles. The molecule has 1 rings (SSSR count). The summed E-state index contributed by atoms with van der Waals surface area (Å²) in [5.41, 5.74) is 0. The van der Waals surface area contributed by atoms with Gasteiger partial charge in [-0.15, -0.1) is 0 Å². The fourth-order valence-electron chi connectivity index (χ4n) is 2.26. The Morgan fingerprint density at radius 2 is 2.00 bits per heavy atom. The number of rotatable bonds is 3. The van der Waals surface area contributed by atoms with Gasteiger partial charge in [0.2, 0.25) is 0 Å². The molecule has 0 bridgehead atoms. The lowest BCUT2D eigenvalue weighted by Gasteiger charge is -2.26. The molecule has 13 heavy (non-hydrogen) atoms. The van der Waals surface area contributed by atoms with Crippen molar-refractivity contribution in [3.8, 4) is 6.07 Å². The molecule has 0 N–H and O–H groups in total. The molecule has 0 unspecified atom stereocenters. The van der Waals surface area contributed by atoms with Crippen LogP contribution < -0.4 is 0 Å². The van der Waals surface area contributed by atoms with Crippen LogP contribution in [0.4, 0.5) is 0 Å². The molecule has 0 saturated heterocycles. The maximum atomic E-state index is 8.40. The number of nitrogens with zero attached hydrogens (tertiary/aromatic N) is 1. The van der Waals surface area contributed by atoms with Crippen molar-refractivity contribution in [3.05, 3.63) is 12.2 Å². The number of hydrogen-bond acceptors (Lipinski definition) is 1. The average molecular weight is 177 g/mol. The van der Waals surface area contributed by atoms with E-state index in [0.717, 1.165) is 5.92 Å². The standard InChI is InChI=1S/C12H19N/c1-2-4-11-6-8-12(9-7-11)5-3-10-13/h3,5,11-12H,2,4,6-9H2,1H3/b5-3+/t11-,12-. The lowest BCUT2D eigenvalue weighted by Crippen LogP contribution is -2.12. The van der Waals surface area contributed by atoms with Crippen molar-refractivity contribution in [2.75, 3.05) is 0 Å². The highest BCUT2D eigenvalue weighted by Crippen LogP contribution is 2.31. The van der Waals surface area contributed by atoms with Crippen LogP contribution in [-0.2, 0) is 0 Å². The maximum absolute atomic E-state index is 8.40. The largest absolute Gasteiger partial charge is 0.193 e. The van der Waals surface area contributed by atoms with E-state index in [1.165, 1.54) is 38.5 Å². The first-order valence-corrected chi connectivity index (χ1v) is 5.43. The molecule has 1 fully saturated rings. The number of nitriles is 1. The minimum absolute atomic E-state index is 0.688. The van der Waals surface area contributed by atoms with Crippen LogP contribution in [0.25, 0.3) is 0 Å². The lowest BCUT2D eigenvalue weighted by atomic mass is 9.80. The first-order chi connectivity index (χ1) is 6.36. The third-order valence-corrected chi connectivity index (χ3v) is 3.03. The minimum Gasteiger partial charge on any atom is -0.193 e. The van der Waals surface area contributed by atoms with Gasteiger partial charge in [0.1, 0.15) is 0 Å². The molecule has 1 saturated carbocycles. The molecule has 1 heteroatoms. The molecule has 0 heterocycles. The summed E-state index contributed by atoms with van der Waals surface area (Å²) in [5, 5.41) is 8.40. The summed E-state index contributed by atoms with van der Waals surface area (Å²) < 4.78 is 0. The molecule has 0 atom stereocenters. The third-order valence-electron chi connectivity index (χ3n) is 3.03. The van der Waals surface area contributed by atoms with E-state index >= 15 is 0 Å². The van der Waals surface area contributed by atoms with Crippen LogP contribution in [0.15, 0.2) is 12.2 Å². The van der Waals surface area contributed by atoms with Crippen LogP contribution in [-0.4, -0.2) is 0 Å². The van der Waals surface area contributed by atoms with Gasteiger partial charge in [0.15, 0.2) is 0 Å². The van der Waals surface area contributed by atoms with Gasteiger partial charge in [-0.05, 0) is 37.5 Å². The molecule has 0 aromatic rings. The first-order valence-electron chi connectivity index (χ1n) is 5.43. The van der Waals surface area contributed by atoms with Crippen molar-refractivity contribution in [1.82, 2.24) is 0 Å². The highest BCUT2D eigenvalue weighted by molar-refractivity contribution is 5.04. The summed E-state index contributed by atoms with van der Waals surface area (Å²) in [6.45, 7) is 2.27. The zero-order chi connectivity index (χ0) is 9.52. The fourth-order valence-corrected chi connectivity index (χ4v) is 2.26. The van der Waals surface area contributed by atoms with Crippen molar-refractivity contribution in [3.63, 3.8) is 0 Å². The van der Waals surface area contributed by atoms with Gasteiger partial charge in [0.05, 0.1) is 6.07 Å². The molecule has 72 valence electrons. The Morgan fingerprint density at radius 3 is 2.54 bits per heavy atom. The summed E-state index contributed by atoms with van der Waals surface area (Å²) >= 11 is 0. The van der Waals surface area contributed by atoms with Gasteiger partial charge in [-0.1, -0.05) is 25.8 Å². The summed E-state index contributed by atoms with van der Waals surface area (Å²) in [4.78, 5) is 0. The van der Waals surface area contributed by atoms with Crippen LogP contribution in [0.1, 0.15) is 45.4 Å². The third kappa shape index (κ3) is 3.63. The Kier molecular flexibility index (Phi) is 4.60. The normalized spacial score (nSPS) is 28.9. The minimum atomic E-state index is 0.688. The van der Waals surface area contributed by atoms with E-state index in [1.54, 1.807) is 6.08 Å². The van der Waals surface area contributed by atoms with Crippen LogP contribution in [0.3, 0.4) is 0 Å².